The van der Waals surface area contributed by atoms with Gasteiger partial charge in [0.25, 0.3) is 0 Å². The van der Waals surface area contributed by atoms with Crippen molar-refractivity contribution in [2.24, 2.45) is 5.73 Å². The van der Waals surface area contributed by atoms with Crippen LogP contribution in [0.5, 0.6) is 0 Å². The molecule has 0 heterocycles. The number of rotatable bonds is 6. The summed E-state index contributed by atoms with van der Waals surface area (Å²) in [5, 5.41) is 0. The molecule has 0 spiro atoms. The van der Waals surface area contributed by atoms with Crippen molar-refractivity contribution in [2.75, 3.05) is 27.3 Å². The van der Waals surface area contributed by atoms with Gasteiger partial charge in [0, 0.05) is 25.7 Å². The predicted octanol–water partition coefficient (Wildman–Crippen LogP) is 2.55. The van der Waals surface area contributed by atoms with E-state index in [-0.39, 0.29) is 17.9 Å². The third-order valence-corrected chi connectivity index (χ3v) is 3.79. The molecule has 0 fully saturated rings. The molecule has 5 heteroatoms. The average molecular weight is 319 g/mol. The molecule has 0 saturated heterocycles. The molecule has 2 N–H and O–H groups in total. The number of hydrogen-bond acceptors (Lipinski definition) is 3. The summed E-state index contributed by atoms with van der Waals surface area (Å²) in [5.41, 5.74) is 6.69. The zero-order valence-electron chi connectivity index (χ0n) is 11.0. The largest absolute Gasteiger partial charge is 0.383 e. The Morgan fingerprint density at radius 1 is 1.50 bits per heavy atom. The predicted molar refractivity (Wildman–Crippen MR) is 75.0 cm³/mol. The molecule has 0 bridgehead atoms. The van der Waals surface area contributed by atoms with Gasteiger partial charge in [0.05, 0.1) is 11.1 Å². The molecule has 0 aliphatic rings. The van der Waals surface area contributed by atoms with Gasteiger partial charge in [-0.05, 0) is 47.6 Å². The van der Waals surface area contributed by atoms with Gasteiger partial charge in [-0.2, -0.15) is 0 Å². The van der Waals surface area contributed by atoms with Crippen LogP contribution in [0.4, 0.5) is 4.39 Å². The average Bonchev–Trinajstić information content (AvgIpc) is 2.34. The summed E-state index contributed by atoms with van der Waals surface area (Å²) in [6.45, 7) is 3.11. The van der Waals surface area contributed by atoms with Crippen LogP contribution in [0, 0.1) is 5.82 Å². The molecule has 0 radical (unpaired) electrons. The second-order valence-corrected chi connectivity index (χ2v) is 5.25. The Kier molecular flexibility index (Phi) is 6.21. The van der Waals surface area contributed by atoms with Crippen LogP contribution in [0.3, 0.4) is 0 Å². The molecule has 2 unspecified atom stereocenters. The molecule has 0 aliphatic carbocycles. The van der Waals surface area contributed by atoms with Gasteiger partial charge in [-0.25, -0.2) is 4.39 Å². The van der Waals surface area contributed by atoms with Gasteiger partial charge in [0.2, 0.25) is 0 Å². The number of hydrogen-bond donors (Lipinski definition) is 1. The standard InChI is InChI=1S/C13H20BrFN2O/c1-9(8-18-3)17(2)13(7-16)10-4-5-11(14)12(15)6-10/h4-6,9,13H,7-8,16H2,1-3H3. The molecular formula is C13H20BrFN2O. The van der Waals surface area contributed by atoms with Gasteiger partial charge < -0.3 is 10.5 Å². The molecule has 1 rings (SSSR count). The lowest BCUT2D eigenvalue weighted by molar-refractivity contribution is 0.0909. The van der Waals surface area contributed by atoms with Crippen molar-refractivity contribution in [1.29, 1.82) is 0 Å². The Balaban J connectivity index is 2.91. The maximum Gasteiger partial charge on any atom is 0.137 e. The quantitative estimate of drug-likeness (QED) is 0.876. The third-order valence-electron chi connectivity index (χ3n) is 3.15. The summed E-state index contributed by atoms with van der Waals surface area (Å²) < 4.78 is 19.2. The summed E-state index contributed by atoms with van der Waals surface area (Å²) in [6.07, 6.45) is 0. The van der Waals surface area contributed by atoms with Crippen LogP contribution in [-0.2, 0) is 4.74 Å². The molecule has 0 amide bonds. The first kappa shape index (κ1) is 15.6. The Labute approximate surface area is 116 Å². The summed E-state index contributed by atoms with van der Waals surface area (Å²) in [6, 6.07) is 5.33. The van der Waals surface area contributed by atoms with Crippen molar-refractivity contribution in [1.82, 2.24) is 4.90 Å². The van der Waals surface area contributed by atoms with Crippen LogP contribution in [0.15, 0.2) is 22.7 Å². The minimum absolute atomic E-state index is 0.0160. The molecule has 3 nitrogen and oxygen atoms in total. The van der Waals surface area contributed by atoms with Gasteiger partial charge in [0.1, 0.15) is 5.82 Å². The summed E-state index contributed by atoms with van der Waals surface area (Å²) in [4.78, 5) is 2.10. The second kappa shape index (κ2) is 7.19. The van der Waals surface area contributed by atoms with E-state index in [1.807, 2.05) is 13.1 Å². The highest BCUT2D eigenvalue weighted by molar-refractivity contribution is 9.10. The molecule has 2 atom stereocenters. The lowest BCUT2D eigenvalue weighted by Gasteiger charge is -2.32. The number of benzene rings is 1. The van der Waals surface area contributed by atoms with Gasteiger partial charge in [-0.3, -0.25) is 4.90 Å². The highest BCUT2D eigenvalue weighted by Gasteiger charge is 2.21. The fourth-order valence-electron chi connectivity index (χ4n) is 1.92. The van der Waals surface area contributed by atoms with Crippen LogP contribution >= 0.6 is 15.9 Å². The Bertz CT molecular complexity index is 389. The van der Waals surface area contributed by atoms with Crippen LogP contribution < -0.4 is 5.73 Å². The van der Waals surface area contributed by atoms with Crippen molar-refractivity contribution in [3.8, 4) is 0 Å². The van der Waals surface area contributed by atoms with E-state index in [1.165, 1.54) is 6.07 Å². The second-order valence-electron chi connectivity index (χ2n) is 4.39. The zero-order valence-corrected chi connectivity index (χ0v) is 12.6. The van der Waals surface area contributed by atoms with Crippen LogP contribution in [0.1, 0.15) is 18.5 Å². The molecule has 0 aromatic heterocycles. The first-order valence-electron chi connectivity index (χ1n) is 5.87. The maximum absolute atomic E-state index is 13.6. The van der Waals surface area contributed by atoms with E-state index in [0.717, 1.165) is 5.56 Å². The summed E-state index contributed by atoms with van der Waals surface area (Å²) >= 11 is 3.15. The van der Waals surface area contributed by atoms with Crippen molar-refractivity contribution in [3.63, 3.8) is 0 Å². The van der Waals surface area contributed by atoms with Crippen molar-refractivity contribution in [3.05, 3.63) is 34.1 Å². The molecule has 0 aliphatic heterocycles. The smallest absolute Gasteiger partial charge is 0.137 e. The lowest BCUT2D eigenvalue weighted by atomic mass is 10.0. The first-order chi connectivity index (χ1) is 8.51. The number of nitrogens with two attached hydrogens (primary N) is 1. The summed E-state index contributed by atoms with van der Waals surface area (Å²) in [7, 11) is 3.64. The molecule has 1 aromatic rings. The topological polar surface area (TPSA) is 38.5 Å². The minimum Gasteiger partial charge on any atom is -0.383 e. The molecule has 1 aromatic carbocycles. The van der Waals surface area contributed by atoms with E-state index >= 15 is 0 Å². The molecule has 0 saturated carbocycles. The van der Waals surface area contributed by atoms with E-state index in [9.17, 15) is 4.39 Å². The van der Waals surface area contributed by atoms with Gasteiger partial charge in [0.15, 0.2) is 0 Å². The number of methoxy groups -OCH3 is 1. The number of halogens is 2. The minimum atomic E-state index is -0.265. The fourth-order valence-corrected chi connectivity index (χ4v) is 2.17. The molecular weight excluding hydrogens is 299 g/mol. The summed E-state index contributed by atoms with van der Waals surface area (Å²) in [5.74, 6) is -0.265. The van der Waals surface area contributed by atoms with Crippen molar-refractivity contribution in [2.45, 2.75) is 19.0 Å². The molecule has 102 valence electrons. The zero-order chi connectivity index (χ0) is 13.7. The maximum atomic E-state index is 13.6. The third kappa shape index (κ3) is 3.75. The lowest BCUT2D eigenvalue weighted by Crippen LogP contribution is -2.39. The highest BCUT2D eigenvalue weighted by Crippen LogP contribution is 2.24. The van der Waals surface area contributed by atoms with Gasteiger partial charge in [-0.15, -0.1) is 0 Å². The number of nitrogens with zero attached hydrogens (tertiary/aromatic N) is 1. The Hall–Kier alpha value is -0.490. The van der Waals surface area contributed by atoms with Gasteiger partial charge in [-0.1, -0.05) is 6.07 Å². The monoisotopic (exact) mass is 318 g/mol. The number of likely N-dealkylation sites (N-methyl/N-ethyl adjacent to an activating group) is 1. The van der Waals surface area contributed by atoms with Crippen molar-refractivity contribution < 1.29 is 9.13 Å². The molecule has 18 heavy (non-hydrogen) atoms. The Morgan fingerprint density at radius 2 is 2.17 bits per heavy atom. The highest BCUT2D eigenvalue weighted by atomic mass is 79.9. The first-order valence-corrected chi connectivity index (χ1v) is 6.66. The van der Waals surface area contributed by atoms with E-state index < -0.39 is 0 Å². The van der Waals surface area contributed by atoms with Gasteiger partial charge >= 0.3 is 0 Å². The SMILES string of the molecule is COCC(C)N(C)C(CN)c1ccc(Br)c(F)c1. The van der Waals surface area contributed by atoms with E-state index in [2.05, 4.69) is 27.8 Å². The fraction of sp³-hybridized carbons (Fsp3) is 0.538. The Morgan fingerprint density at radius 3 is 2.67 bits per heavy atom. The van der Waals surface area contributed by atoms with Crippen LogP contribution in [0.25, 0.3) is 0 Å². The van der Waals surface area contributed by atoms with E-state index in [1.54, 1.807) is 13.2 Å². The van der Waals surface area contributed by atoms with Crippen LogP contribution in [0.2, 0.25) is 0 Å². The normalized spacial score (nSPS) is 14.8. The van der Waals surface area contributed by atoms with Crippen LogP contribution in [-0.4, -0.2) is 38.3 Å². The van der Waals surface area contributed by atoms with E-state index in [0.29, 0.717) is 17.6 Å². The van der Waals surface area contributed by atoms with E-state index in [4.69, 9.17) is 10.5 Å². The van der Waals surface area contributed by atoms with Crippen molar-refractivity contribution >= 4 is 15.9 Å². The number of ether oxygens (including phenoxy) is 1.